The molecule has 0 aliphatic carbocycles. The smallest absolute Gasteiger partial charge is 0.271 e. The molecule has 0 spiro atoms. The molecule has 0 unspecified atom stereocenters. The summed E-state index contributed by atoms with van der Waals surface area (Å²) in [5, 5.41) is 21.0. The molecule has 6 N–H and O–H groups in total. The Kier molecular flexibility index (Phi) is 6.73. The molecule has 10 nitrogen and oxygen atoms in total. The van der Waals surface area contributed by atoms with Gasteiger partial charge in [-0.15, -0.1) is 0 Å². The van der Waals surface area contributed by atoms with Gasteiger partial charge in [0.25, 0.3) is 11.6 Å². The van der Waals surface area contributed by atoms with Crippen LogP contribution in [0.1, 0.15) is 27.0 Å². The first kappa shape index (κ1) is 21.6. The second-order valence-electron chi connectivity index (χ2n) is 5.95. The number of nitrogen functional groups attached to an aromatic ring is 1. The molecule has 0 aromatic heterocycles. The average Bonchev–Trinajstić information content (AvgIpc) is 2.67. The molecule has 0 saturated heterocycles. The van der Waals surface area contributed by atoms with Crippen molar-refractivity contribution in [1.82, 2.24) is 5.32 Å². The van der Waals surface area contributed by atoms with E-state index in [2.05, 4.69) is 5.32 Å². The fourth-order valence-corrected chi connectivity index (χ4v) is 2.82. The zero-order valence-corrected chi connectivity index (χ0v) is 16.1. The second-order valence-corrected chi connectivity index (χ2v) is 6.36. The number of halogens is 1. The monoisotopic (exact) mass is 419 g/mol. The largest absolute Gasteiger partial charge is 0.483 e. The number of amidine groups is 1. The van der Waals surface area contributed by atoms with Gasteiger partial charge < -0.3 is 21.5 Å². The van der Waals surface area contributed by atoms with Crippen LogP contribution in [0.4, 0.5) is 5.69 Å². The third-order valence-corrected chi connectivity index (χ3v) is 4.38. The molecule has 29 heavy (non-hydrogen) atoms. The van der Waals surface area contributed by atoms with Gasteiger partial charge in [0.1, 0.15) is 11.6 Å². The van der Waals surface area contributed by atoms with E-state index in [0.717, 1.165) is 12.1 Å². The van der Waals surface area contributed by atoms with E-state index in [9.17, 15) is 19.7 Å². The number of hydrogen-bond acceptors (Lipinski definition) is 6. The standard InChI is InChI=1S/C18H18ClN5O5/c1-23-16(25)8-29-15-5-10(17(20)21)3-2-9(15)4-12-13(18(22)26)6-11(24(27)28)7-14(12)19/h2-3,5-7H,4,8H2,1H3,(H3,20,21)(H2,22,26)(H,23,25). The molecule has 0 fully saturated rings. The van der Waals surface area contributed by atoms with Crippen molar-refractivity contribution in [2.45, 2.75) is 6.42 Å². The maximum absolute atomic E-state index is 11.8. The molecule has 2 rings (SSSR count). The number of carbonyl (C=O) groups excluding carboxylic acids is 2. The summed E-state index contributed by atoms with van der Waals surface area (Å²) in [6, 6.07) is 6.81. The van der Waals surface area contributed by atoms with E-state index in [0.29, 0.717) is 11.1 Å². The van der Waals surface area contributed by atoms with Crippen molar-refractivity contribution < 1.29 is 19.2 Å². The quantitative estimate of drug-likeness (QED) is 0.217. The van der Waals surface area contributed by atoms with Gasteiger partial charge in [-0.05, 0) is 17.2 Å². The van der Waals surface area contributed by atoms with Crippen LogP contribution in [0.3, 0.4) is 0 Å². The van der Waals surface area contributed by atoms with Gasteiger partial charge in [0.05, 0.1) is 15.5 Å². The molecule has 0 aliphatic rings. The van der Waals surface area contributed by atoms with Crippen LogP contribution >= 0.6 is 11.6 Å². The number of non-ortho nitro benzene ring substituents is 1. The number of hydrogen-bond donors (Lipinski definition) is 4. The van der Waals surface area contributed by atoms with E-state index in [4.69, 9.17) is 33.2 Å². The third kappa shape index (κ3) is 5.20. The van der Waals surface area contributed by atoms with E-state index >= 15 is 0 Å². The van der Waals surface area contributed by atoms with Crippen LogP contribution in [0.2, 0.25) is 5.02 Å². The Morgan fingerprint density at radius 2 is 1.97 bits per heavy atom. The van der Waals surface area contributed by atoms with Crippen LogP contribution in [-0.4, -0.2) is 36.2 Å². The van der Waals surface area contributed by atoms with Crippen molar-refractivity contribution in [3.63, 3.8) is 0 Å². The summed E-state index contributed by atoms with van der Waals surface area (Å²) in [7, 11) is 1.45. The van der Waals surface area contributed by atoms with Crippen molar-refractivity contribution in [1.29, 1.82) is 5.41 Å². The van der Waals surface area contributed by atoms with Crippen molar-refractivity contribution in [3.05, 3.63) is 67.7 Å². The minimum Gasteiger partial charge on any atom is -0.483 e. The van der Waals surface area contributed by atoms with Crippen LogP contribution in [0.5, 0.6) is 5.75 Å². The van der Waals surface area contributed by atoms with Gasteiger partial charge >= 0.3 is 0 Å². The zero-order valence-electron chi connectivity index (χ0n) is 15.3. The number of nitrogens with zero attached hydrogens (tertiary/aromatic N) is 1. The molecule has 0 saturated carbocycles. The minimum absolute atomic E-state index is 0.0131. The first-order valence-corrected chi connectivity index (χ1v) is 8.59. The molecule has 2 amide bonds. The summed E-state index contributed by atoms with van der Waals surface area (Å²) in [6.07, 6.45) is 0.0381. The Morgan fingerprint density at radius 3 is 2.52 bits per heavy atom. The van der Waals surface area contributed by atoms with Crippen LogP contribution in [0.15, 0.2) is 30.3 Å². The van der Waals surface area contributed by atoms with Crippen LogP contribution in [0, 0.1) is 15.5 Å². The van der Waals surface area contributed by atoms with Crippen LogP contribution in [0.25, 0.3) is 0 Å². The number of ether oxygens (including phenoxy) is 1. The lowest BCUT2D eigenvalue weighted by Gasteiger charge is -2.15. The number of nitro groups is 1. The number of nitrogens with one attached hydrogen (secondary N) is 2. The molecule has 11 heteroatoms. The highest BCUT2D eigenvalue weighted by molar-refractivity contribution is 6.32. The molecule has 0 radical (unpaired) electrons. The summed E-state index contributed by atoms with van der Waals surface area (Å²) >= 11 is 6.19. The Bertz CT molecular complexity index is 1010. The maximum atomic E-state index is 11.8. The Hall–Kier alpha value is -3.66. The Morgan fingerprint density at radius 1 is 1.28 bits per heavy atom. The topological polar surface area (TPSA) is 174 Å². The SMILES string of the molecule is CNC(=O)COc1cc(C(=N)N)ccc1Cc1c(Cl)cc([N+](=O)[O-])cc1C(N)=O. The number of primary amides is 1. The molecule has 0 aliphatic heterocycles. The number of carbonyl (C=O) groups is 2. The molecule has 2 aromatic rings. The summed E-state index contributed by atoms with van der Waals surface area (Å²) in [5.74, 6) is -1.21. The zero-order chi connectivity index (χ0) is 21.7. The average molecular weight is 420 g/mol. The van der Waals surface area contributed by atoms with Gasteiger partial charge in [0, 0.05) is 31.2 Å². The van der Waals surface area contributed by atoms with Crippen LogP contribution < -0.4 is 21.5 Å². The number of nitrogens with two attached hydrogens (primary N) is 2. The number of rotatable bonds is 8. The number of amides is 2. The molecule has 0 heterocycles. The van der Waals surface area contributed by atoms with Gasteiger partial charge in [-0.2, -0.15) is 0 Å². The van der Waals surface area contributed by atoms with Crippen molar-refractivity contribution in [2.75, 3.05) is 13.7 Å². The van der Waals surface area contributed by atoms with Gasteiger partial charge in [-0.3, -0.25) is 25.1 Å². The van der Waals surface area contributed by atoms with E-state index < -0.39 is 10.8 Å². The predicted molar refractivity (Wildman–Crippen MR) is 106 cm³/mol. The second kappa shape index (κ2) is 9.02. The normalized spacial score (nSPS) is 10.3. The number of likely N-dealkylation sites (N-methyl/N-ethyl adjacent to an activating group) is 1. The van der Waals surface area contributed by atoms with Crippen molar-refractivity contribution >= 4 is 34.9 Å². The lowest BCUT2D eigenvalue weighted by atomic mass is 9.97. The first-order chi connectivity index (χ1) is 13.6. The van der Waals surface area contributed by atoms with Crippen molar-refractivity contribution in [3.8, 4) is 5.75 Å². The molecule has 152 valence electrons. The van der Waals surface area contributed by atoms with Crippen molar-refractivity contribution in [2.24, 2.45) is 11.5 Å². The van der Waals surface area contributed by atoms with E-state index in [1.807, 2.05) is 0 Å². The summed E-state index contributed by atoms with van der Waals surface area (Å²) in [6.45, 7) is -0.290. The highest BCUT2D eigenvalue weighted by atomic mass is 35.5. The fourth-order valence-electron chi connectivity index (χ4n) is 2.54. The number of benzene rings is 2. The van der Waals surface area contributed by atoms with Gasteiger partial charge in [-0.25, -0.2) is 0 Å². The predicted octanol–water partition coefficient (Wildman–Crippen LogP) is 1.35. The first-order valence-electron chi connectivity index (χ1n) is 8.21. The highest BCUT2D eigenvalue weighted by Crippen LogP contribution is 2.31. The molecule has 0 atom stereocenters. The highest BCUT2D eigenvalue weighted by Gasteiger charge is 2.21. The van der Waals surface area contributed by atoms with E-state index in [1.54, 1.807) is 12.1 Å². The minimum atomic E-state index is -0.876. The summed E-state index contributed by atoms with van der Waals surface area (Å²) in [5.41, 5.74) is 11.6. The lowest BCUT2D eigenvalue weighted by molar-refractivity contribution is -0.384. The van der Waals surface area contributed by atoms with Gasteiger partial charge in [0.2, 0.25) is 5.91 Å². The summed E-state index contributed by atoms with van der Waals surface area (Å²) < 4.78 is 5.52. The molecule has 2 aromatic carbocycles. The van der Waals surface area contributed by atoms with Crippen LogP contribution in [-0.2, 0) is 11.2 Å². The summed E-state index contributed by atoms with van der Waals surface area (Å²) in [4.78, 5) is 33.7. The molecular weight excluding hydrogens is 402 g/mol. The Labute approximate surface area is 170 Å². The maximum Gasteiger partial charge on any atom is 0.271 e. The molecular formula is C18H18ClN5O5. The Balaban J connectivity index is 2.52. The van der Waals surface area contributed by atoms with E-state index in [-0.39, 0.29) is 52.4 Å². The fraction of sp³-hybridized carbons (Fsp3) is 0.167. The lowest BCUT2D eigenvalue weighted by Crippen LogP contribution is -2.25. The molecule has 0 bridgehead atoms. The third-order valence-electron chi connectivity index (χ3n) is 4.04. The number of nitro benzene ring substituents is 1. The van der Waals surface area contributed by atoms with Gasteiger partial charge in [-0.1, -0.05) is 23.7 Å². The van der Waals surface area contributed by atoms with E-state index in [1.165, 1.54) is 13.1 Å². The van der Waals surface area contributed by atoms with Gasteiger partial charge in [0.15, 0.2) is 6.61 Å².